The third-order valence-electron chi connectivity index (χ3n) is 12.9. The Morgan fingerprint density at radius 2 is 0.851 bits per heavy atom. The first-order valence-corrected chi connectivity index (χ1v) is 26.2. The minimum absolute atomic E-state index is 0.0224. The van der Waals surface area contributed by atoms with E-state index < -0.39 is 25.2 Å². The number of hydrogen-bond donors (Lipinski definition) is 0. The first-order chi connectivity index (χ1) is 22.2. The molecule has 11 heteroatoms. The van der Waals surface area contributed by atoms with Crippen molar-refractivity contribution < 1.29 is 27.4 Å². The van der Waals surface area contributed by atoms with Crippen LogP contribution in [0, 0.1) is 47.3 Å². The molecule has 4 aliphatic carbocycles. The summed E-state index contributed by atoms with van der Waals surface area (Å²) in [4.78, 5) is 57.6. The van der Waals surface area contributed by atoms with Crippen molar-refractivity contribution in [3.63, 3.8) is 0 Å². The Bertz CT molecular complexity index is 1530. The molecule has 47 heavy (non-hydrogen) atoms. The Labute approximate surface area is 280 Å². The number of para-hydroxylation sites is 2. The molecule has 6 fully saturated rings. The zero-order chi connectivity index (χ0) is 33.2. The van der Waals surface area contributed by atoms with Crippen LogP contribution < -0.4 is 9.80 Å². The number of hydrogen-bond acceptors (Lipinski definition) is 6. The molecule has 0 unspecified atom stereocenters. The molecule has 2 aliphatic heterocycles. The molecule has 0 N–H and O–H groups in total. The SMILES string of the molecule is C[Si](C)(O[Si](C)(C)[C@@H]1C[C@@H]2C[C@H]1[C@@H]1C(=O)N(c3ccccc3)C(=O)[C@H]21)O[Si](C)(C)[C@H]1C[C@H]2C[C@@H]1[C@H]1C(=O)N(c3ccccc3)C(=O)[C@@H]21. The number of amides is 4. The predicted octanol–water partition coefficient (Wildman–Crippen LogP) is 6.56. The number of imide groups is 2. The standard InChI is InChI=1S/C36H46N2O6Si3/c1-45(2,27-19-21-17-25(27)31-29(21)33(39)37(35(31)41)23-13-9-7-10-14-23)43-47(5,6)44-46(3,4)28-20-22-18-26(28)32-30(22)34(40)38(36(32)42)24-15-11-8-12-16-24/h7-16,21-22,25-32H,17-20H2,1-6H3/t21-,22+,25+,26-,27+,28-,29+,30-,31-,32+. The lowest BCUT2D eigenvalue weighted by Gasteiger charge is -2.46. The van der Waals surface area contributed by atoms with E-state index in [0.717, 1.165) is 25.7 Å². The maximum atomic E-state index is 13.8. The van der Waals surface area contributed by atoms with Gasteiger partial charge in [-0.3, -0.25) is 29.0 Å². The summed E-state index contributed by atoms with van der Waals surface area (Å²) in [5.74, 6) is -0.198. The predicted molar refractivity (Wildman–Crippen MR) is 186 cm³/mol. The van der Waals surface area contributed by atoms with Gasteiger partial charge in [0.25, 0.3) is 0 Å². The summed E-state index contributed by atoms with van der Waals surface area (Å²) >= 11 is 0. The summed E-state index contributed by atoms with van der Waals surface area (Å²) in [5.41, 5.74) is 1.96. The van der Waals surface area contributed by atoms with Crippen LogP contribution >= 0.6 is 0 Å². The largest absolute Gasteiger partial charge is 0.436 e. The van der Waals surface area contributed by atoms with Gasteiger partial charge in [0, 0.05) is 0 Å². The third kappa shape index (κ3) is 4.70. The fourth-order valence-electron chi connectivity index (χ4n) is 11.6. The van der Waals surface area contributed by atoms with Crippen LogP contribution in [0.3, 0.4) is 0 Å². The van der Waals surface area contributed by atoms with E-state index in [1.54, 1.807) is 0 Å². The average Bonchev–Trinajstić information content (AvgIpc) is 3.84. The van der Waals surface area contributed by atoms with E-state index in [0.29, 0.717) is 22.5 Å². The zero-order valence-corrected chi connectivity index (χ0v) is 31.2. The lowest BCUT2D eigenvalue weighted by Crippen LogP contribution is -2.57. The highest BCUT2D eigenvalue weighted by Gasteiger charge is 2.68. The van der Waals surface area contributed by atoms with Crippen molar-refractivity contribution in [1.29, 1.82) is 0 Å². The van der Waals surface area contributed by atoms with Crippen molar-refractivity contribution >= 4 is 60.2 Å². The van der Waals surface area contributed by atoms with E-state index in [-0.39, 0.29) is 71.0 Å². The van der Waals surface area contributed by atoms with Gasteiger partial charge < -0.3 is 8.23 Å². The lowest BCUT2D eigenvalue weighted by atomic mass is 9.81. The molecule has 0 aromatic heterocycles. The highest BCUT2D eigenvalue weighted by atomic mass is 28.5. The number of anilines is 2. The van der Waals surface area contributed by atoms with Crippen molar-refractivity contribution in [1.82, 2.24) is 0 Å². The molecular formula is C36H46N2O6Si3. The van der Waals surface area contributed by atoms with Gasteiger partial charge in [0.1, 0.15) is 0 Å². The van der Waals surface area contributed by atoms with Crippen molar-refractivity contribution in [2.45, 2.75) is 76.0 Å². The molecule has 8 nitrogen and oxygen atoms in total. The summed E-state index contributed by atoms with van der Waals surface area (Å²) in [7, 11) is -7.32. The normalized spacial score (nSPS) is 36.2. The molecule has 10 atom stereocenters. The summed E-state index contributed by atoms with van der Waals surface area (Å²) in [6.07, 6.45) is 3.76. The van der Waals surface area contributed by atoms with Gasteiger partial charge in [0.05, 0.1) is 35.0 Å². The van der Waals surface area contributed by atoms with Crippen LogP contribution in [0.1, 0.15) is 25.7 Å². The van der Waals surface area contributed by atoms with Crippen LogP contribution in [0.5, 0.6) is 0 Å². The molecule has 8 rings (SSSR count). The minimum Gasteiger partial charge on any atom is -0.436 e. The second-order valence-electron chi connectivity index (χ2n) is 16.6. The molecule has 2 aromatic carbocycles. The maximum absolute atomic E-state index is 13.8. The first kappa shape index (κ1) is 31.6. The lowest BCUT2D eigenvalue weighted by molar-refractivity contribution is -0.124. The summed E-state index contributed by atoms with van der Waals surface area (Å²) in [5, 5.41) is 0. The molecule has 248 valence electrons. The Kier molecular flexibility index (Phi) is 7.15. The van der Waals surface area contributed by atoms with Gasteiger partial charge >= 0.3 is 8.56 Å². The highest BCUT2D eigenvalue weighted by molar-refractivity contribution is 6.88. The summed E-state index contributed by atoms with van der Waals surface area (Å²) < 4.78 is 14.4. The van der Waals surface area contributed by atoms with Crippen molar-refractivity contribution in [3.8, 4) is 0 Å². The molecule has 4 bridgehead atoms. The molecule has 6 aliphatic rings. The Morgan fingerprint density at radius 1 is 0.511 bits per heavy atom. The monoisotopic (exact) mass is 686 g/mol. The third-order valence-corrected chi connectivity index (χ3v) is 25.9. The van der Waals surface area contributed by atoms with Crippen LogP contribution in [0.2, 0.25) is 50.4 Å². The van der Waals surface area contributed by atoms with Crippen LogP contribution in [0.25, 0.3) is 0 Å². The fraction of sp³-hybridized carbons (Fsp3) is 0.556. The Hall–Kier alpha value is -2.71. The quantitative estimate of drug-likeness (QED) is 0.231. The number of fused-ring (bicyclic) bond motifs is 10. The Balaban J connectivity index is 0.963. The van der Waals surface area contributed by atoms with Crippen molar-refractivity contribution in [3.05, 3.63) is 60.7 Å². The van der Waals surface area contributed by atoms with Gasteiger partial charge in [-0.05, 0) is 124 Å². The molecule has 4 saturated carbocycles. The van der Waals surface area contributed by atoms with E-state index in [2.05, 4.69) is 39.3 Å². The van der Waals surface area contributed by atoms with Crippen molar-refractivity contribution in [2.75, 3.05) is 9.80 Å². The van der Waals surface area contributed by atoms with E-state index in [1.807, 2.05) is 60.7 Å². The minimum atomic E-state index is -2.63. The zero-order valence-electron chi connectivity index (χ0n) is 28.2. The highest BCUT2D eigenvalue weighted by Crippen LogP contribution is 2.65. The van der Waals surface area contributed by atoms with Crippen LogP contribution in [-0.4, -0.2) is 48.8 Å². The first-order valence-electron chi connectivity index (χ1n) is 17.5. The van der Waals surface area contributed by atoms with Crippen LogP contribution in [0.15, 0.2) is 60.7 Å². The van der Waals surface area contributed by atoms with E-state index in [9.17, 15) is 19.2 Å². The van der Waals surface area contributed by atoms with Gasteiger partial charge in [-0.25, -0.2) is 0 Å². The van der Waals surface area contributed by atoms with Gasteiger partial charge in [0.2, 0.25) is 23.6 Å². The smallest absolute Gasteiger partial charge is 0.311 e. The second kappa shape index (κ2) is 10.6. The molecular weight excluding hydrogens is 641 g/mol. The molecule has 0 spiro atoms. The molecule has 0 radical (unpaired) electrons. The average molecular weight is 687 g/mol. The number of carbonyl (C=O) groups excluding carboxylic acids is 4. The number of benzene rings is 2. The van der Waals surface area contributed by atoms with Gasteiger partial charge in [-0.2, -0.15) is 0 Å². The summed E-state index contributed by atoms with van der Waals surface area (Å²) in [6.45, 7) is 13.5. The topological polar surface area (TPSA) is 93.2 Å². The molecule has 2 aromatic rings. The number of nitrogens with zero attached hydrogens (tertiary/aromatic N) is 2. The van der Waals surface area contributed by atoms with Crippen molar-refractivity contribution in [2.24, 2.45) is 47.3 Å². The Morgan fingerprint density at radius 3 is 1.21 bits per heavy atom. The van der Waals surface area contributed by atoms with Gasteiger partial charge in [0.15, 0.2) is 16.6 Å². The van der Waals surface area contributed by atoms with Gasteiger partial charge in [-0.1, -0.05) is 36.4 Å². The molecule has 2 heterocycles. The number of carbonyl (C=O) groups is 4. The number of rotatable bonds is 8. The summed E-state index contributed by atoms with van der Waals surface area (Å²) in [6, 6.07) is 18.7. The van der Waals surface area contributed by atoms with Crippen LogP contribution in [-0.2, 0) is 27.4 Å². The van der Waals surface area contributed by atoms with Gasteiger partial charge in [-0.15, -0.1) is 0 Å². The van der Waals surface area contributed by atoms with E-state index in [1.165, 1.54) is 9.80 Å². The van der Waals surface area contributed by atoms with E-state index in [4.69, 9.17) is 8.23 Å². The molecule has 2 saturated heterocycles. The van der Waals surface area contributed by atoms with E-state index >= 15 is 0 Å². The maximum Gasteiger partial charge on any atom is 0.311 e. The van der Waals surface area contributed by atoms with Crippen LogP contribution in [0.4, 0.5) is 11.4 Å². The molecule has 4 amide bonds. The second-order valence-corrected chi connectivity index (χ2v) is 28.9. The fourth-order valence-corrected chi connectivity index (χ4v) is 28.0.